The van der Waals surface area contributed by atoms with E-state index in [4.69, 9.17) is 4.74 Å². The van der Waals surface area contributed by atoms with Crippen LogP contribution in [0.25, 0.3) is 0 Å². The van der Waals surface area contributed by atoms with Gasteiger partial charge in [-0.15, -0.1) is 0 Å². The van der Waals surface area contributed by atoms with Crippen molar-refractivity contribution in [3.8, 4) is 0 Å². The van der Waals surface area contributed by atoms with E-state index in [0.717, 1.165) is 32.6 Å². The van der Waals surface area contributed by atoms with Crippen molar-refractivity contribution in [1.82, 2.24) is 5.32 Å². The minimum absolute atomic E-state index is 0.742. The fraction of sp³-hybridized carbons (Fsp3) is 0.571. The Bertz CT molecular complexity index is 269. The summed E-state index contributed by atoms with van der Waals surface area (Å²) in [6, 6.07) is 8.71. The van der Waals surface area contributed by atoms with Crippen LogP contribution in [0.2, 0.25) is 0 Å². The Balaban J connectivity index is 2.27. The van der Waals surface area contributed by atoms with Crippen molar-refractivity contribution >= 4 is 0 Å². The average Bonchev–Trinajstić information content (AvgIpc) is 2.33. The first-order valence-electron chi connectivity index (χ1n) is 6.17. The van der Waals surface area contributed by atoms with Gasteiger partial charge in [0.2, 0.25) is 0 Å². The molecule has 1 N–H and O–H groups in total. The van der Waals surface area contributed by atoms with Gasteiger partial charge < -0.3 is 10.1 Å². The molecule has 90 valence electrons. The predicted octanol–water partition coefficient (Wildman–Crippen LogP) is 2.77. The van der Waals surface area contributed by atoms with Crippen molar-refractivity contribution in [2.45, 2.75) is 32.8 Å². The molecule has 0 aliphatic carbocycles. The highest BCUT2D eigenvalue weighted by Crippen LogP contribution is 2.06. The summed E-state index contributed by atoms with van der Waals surface area (Å²) in [5.74, 6) is 0. The van der Waals surface area contributed by atoms with Crippen LogP contribution in [0.15, 0.2) is 24.3 Å². The molecule has 0 aliphatic rings. The molecule has 0 bridgehead atoms. The Morgan fingerprint density at radius 2 is 1.81 bits per heavy atom. The second kappa shape index (κ2) is 8.31. The lowest BCUT2D eigenvalue weighted by Gasteiger charge is -2.05. The third-order valence-corrected chi connectivity index (χ3v) is 2.60. The van der Waals surface area contributed by atoms with E-state index in [2.05, 4.69) is 36.5 Å². The summed E-state index contributed by atoms with van der Waals surface area (Å²) in [6.07, 6.45) is 3.44. The number of hydrogen-bond acceptors (Lipinski definition) is 2. The molecule has 0 unspecified atom stereocenters. The van der Waals surface area contributed by atoms with E-state index in [-0.39, 0.29) is 0 Å². The van der Waals surface area contributed by atoms with Gasteiger partial charge in [-0.1, -0.05) is 37.6 Å². The second-order valence-corrected chi connectivity index (χ2v) is 4.08. The number of ether oxygens (including phenoxy) is 1. The smallest absolute Gasteiger partial charge is 0.0716 e. The fourth-order valence-corrected chi connectivity index (χ4v) is 1.51. The molecule has 2 heteroatoms. The summed E-state index contributed by atoms with van der Waals surface area (Å²) >= 11 is 0. The maximum absolute atomic E-state index is 5.57. The Morgan fingerprint density at radius 3 is 2.44 bits per heavy atom. The van der Waals surface area contributed by atoms with Crippen LogP contribution in [0.5, 0.6) is 0 Å². The van der Waals surface area contributed by atoms with Crippen molar-refractivity contribution < 1.29 is 4.74 Å². The number of benzene rings is 1. The highest BCUT2D eigenvalue weighted by atomic mass is 16.5. The quantitative estimate of drug-likeness (QED) is 0.682. The first-order chi connectivity index (χ1) is 7.86. The Kier molecular flexibility index (Phi) is 6.86. The van der Waals surface area contributed by atoms with Crippen LogP contribution in [0.1, 0.15) is 30.9 Å². The normalized spacial score (nSPS) is 10.6. The van der Waals surface area contributed by atoms with Crippen molar-refractivity contribution in [3.05, 3.63) is 35.4 Å². The van der Waals surface area contributed by atoms with Gasteiger partial charge in [-0.2, -0.15) is 0 Å². The third kappa shape index (κ3) is 5.29. The molecule has 0 aromatic heterocycles. The largest absolute Gasteiger partial charge is 0.377 e. The molecule has 1 rings (SSSR count). The molecule has 1 aromatic carbocycles. The maximum atomic E-state index is 5.57. The van der Waals surface area contributed by atoms with E-state index in [9.17, 15) is 0 Å². The Hall–Kier alpha value is -0.860. The number of nitrogens with one attached hydrogen (secondary N) is 1. The van der Waals surface area contributed by atoms with Gasteiger partial charge in [0.15, 0.2) is 0 Å². The van der Waals surface area contributed by atoms with Crippen LogP contribution in [-0.4, -0.2) is 20.2 Å². The van der Waals surface area contributed by atoms with E-state index in [1.54, 1.807) is 0 Å². The van der Waals surface area contributed by atoms with E-state index in [1.807, 2.05) is 7.05 Å². The summed E-state index contributed by atoms with van der Waals surface area (Å²) in [5, 5.41) is 3.15. The van der Waals surface area contributed by atoms with Gasteiger partial charge in [0, 0.05) is 6.61 Å². The fourth-order valence-electron chi connectivity index (χ4n) is 1.51. The molecule has 2 nitrogen and oxygen atoms in total. The van der Waals surface area contributed by atoms with Crippen molar-refractivity contribution in [2.24, 2.45) is 0 Å². The molecule has 16 heavy (non-hydrogen) atoms. The van der Waals surface area contributed by atoms with Gasteiger partial charge in [-0.3, -0.25) is 0 Å². The molecule has 1 aromatic rings. The lowest BCUT2D eigenvalue weighted by Crippen LogP contribution is -2.10. The number of rotatable bonds is 8. The molecule has 0 saturated heterocycles. The maximum Gasteiger partial charge on any atom is 0.0716 e. The summed E-state index contributed by atoms with van der Waals surface area (Å²) in [4.78, 5) is 0. The van der Waals surface area contributed by atoms with Gasteiger partial charge >= 0.3 is 0 Å². The molecular formula is C14H23NO. The van der Waals surface area contributed by atoms with Crippen LogP contribution in [0.4, 0.5) is 0 Å². The monoisotopic (exact) mass is 221 g/mol. The van der Waals surface area contributed by atoms with Crippen molar-refractivity contribution in [3.63, 3.8) is 0 Å². The zero-order chi connectivity index (χ0) is 11.6. The lowest BCUT2D eigenvalue weighted by atomic mass is 10.1. The highest BCUT2D eigenvalue weighted by molar-refractivity contribution is 5.22. The molecule has 0 atom stereocenters. The van der Waals surface area contributed by atoms with Crippen molar-refractivity contribution in [2.75, 3.05) is 20.2 Å². The molecule has 0 saturated carbocycles. The van der Waals surface area contributed by atoms with E-state index in [0.29, 0.717) is 0 Å². The number of likely N-dealkylation sites (N-methyl/N-ethyl adjacent to an activating group) is 1. The van der Waals surface area contributed by atoms with E-state index < -0.39 is 0 Å². The molecule has 0 spiro atoms. The molecular weight excluding hydrogens is 198 g/mol. The standard InChI is InChI=1S/C14H23NO/c1-3-4-11-16-12-14-7-5-13(6-8-14)9-10-15-2/h5-8,15H,3-4,9-12H2,1-2H3. The third-order valence-electron chi connectivity index (χ3n) is 2.60. The Morgan fingerprint density at radius 1 is 1.12 bits per heavy atom. The van der Waals surface area contributed by atoms with Gasteiger partial charge in [0.1, 0.15) is 0 Å². The van der Waals surface area contributed by atoms with Gasteiger partial charge in [-0.25, -0.2) is 0 Å². The zero-order valence-electron chi connectivity index (χ0n) is 10.5. The molecule has 0 heterocycles. The minimum atomic E-state index is 0.742. The van der Waals surface area contributed by atoms with Gasteiger partial charge in [0.25, 0.3) is 0 Å². The first-order valence-corrected chi connectivity index (χ1v) is 6.17. The Labute approximate surface area is 99.0 Å². The zero-order valence-corrected chi connectivity index (χ0v) is 10.5. The summed E-state index contributed by atoms with van der Waals surface area (Å²) in [6.45, 7) is 4.83. The molecule has 0 fully saturated rings. The van der Waals surface area contributed by atoms with Gasteiger partial charge in [0.05, 0.1) is 6.61 Å². The lowest BCUT2D eigenvalue weighted by molar-refractivity contribution is 0.118. The molecule has 0 aliphatic heterocycles. The minimum Gasteiger partial charge on any atom is -0.377 e. The first kappa shape index (κ1) is 13.2. The average molecular weight is 221 g/mol. The molecule has 0 amide bonds. The van der Waals surface area contributed by atoms with Crippen LogP contribution >= 0.6 is 0 Å². The van der Waals surface area contributed by atoms with Crippen LogP contribution in [0.3, 0.4) is 0 Å². The number of unbranched alkanes of at least 4 members (excludes halogenated alkanes) is 1. The summed E-state index contributed by atoms with van der Waals surface area (Å²) < 4.78 is 5.57. The predicted molar refractivity (Wildman–Crippen MR) is 68.6 cm³/mol. The molecule has 0 radical (unpaired) electrons. The van der Waals surface area contributed by atoms with Crippen LogP contribution in [-0.2, 0) is 17.8 Å². The summed E-state index contributed by atoms with van der Waals surface area (Å²) in [7, 11) is 1.98. The van der Waals surface area contributed by atoms with E-state index in [1.165, 1.54) is 17.5 Å². The number of hydrogen-bond donors (Lipinski definition) is 1. The second-order valence-electron chi connectivity index (χ2n) is 4.08. The van der Waals surface area contributed by atoms with Gasteiger partial charge in [-0.05, 0) is 37.6 Å². The summed E-state index contributed by atoms with van der Waals surface area (Å²) in [5.41, 5.74) is 2.65. The van der Waals surface area contributed by atoms with Crippen LogP contribution in [0, 0.1) is 0 Å². The van der Waals surface area contributed by atoms with Crippen LogP contribution < -0.4 is 5.32 Å². The highest BCUT2D eigenvalue weighted by Gasteiger charge is 1.95. The van der Waals surface area contributed by atoms with E-state index >= 15 is 0 Å². The van der Waals surface area contributed by atoms with Crippen molar-refractivity contribution in [1.29, 1.82) is 0 Å². The topological polar surface area (TPSA) is 21.3 Å². The SMILES string of the molecule is CCCCOCc1ccc(CCNC)cc1.